The van der Waals surface area contributed by atoms with Crippen LogP contribution in [0.3, 0.4) is 0 Å². The molecule has 0 aliphatic rings. The fourth-order valence-corrected chi connectivity index (χ4v) is 1.42. The molecule has 0 bridgehead atoms. The zero-order valence-corrected chi connectivity index (χ0v) is 8.47. The maximum absolute atomic E-state index is 5.44. The first-order valence-corrected chi connectivity index (χ1v) is 4.83. The summed E-state index contributed by atoms with van der Waals surface area (Å²) in [5.74, 6) is 6.06. The van der Waals surface area contributed by atoms with Gasteiger partial charge in [-0.05, 0) is 12.8 Å². The lowest BCUT2D eigenvalue weighted by molar-refractivity contribution is 0.101. The summed E-state index contributed by atoms with van der Waals surface area (Å²) in [5.41, 5.74) is 2.81. The third-order valence-corrected chi connectivity index (χ3v) is 2.33. The minimum absolute atomic E-state index is 0.306. The number of nitrogens with two attached hydrogens (primary N) is 1. The highest BCUT2D eigenvalue weighted by atomic mass is 16.5. The number of hydrogen-bond acceptors (Lipinski definition) is 3. The summed E-state index contributed by atoms with van der Waals surface area (Å²) < 4.78 is 5.33. The van der Waals surface area contributed by atoms with Gasteiger partial charge in [-0.25, -0.2) is 0 Å². The maximum Gasteiger partial charge on any atom is 0.0635 e. The highest BCUT2D eigenvalue weighted by Gasteiger charge is 2.16. The van der Waals surface area contributed by atoms with E-state index >= 15 is 0 Å². The van der Waals surface area contributed by atoms with Gasteiger partial charge in [0, 0.05) is 12.6 Å². The van der Waals surface area contributed by atoms with Gasteiger partial charge in [-0.3, -0.25) is 11.3 Å². The molecule has 0 aromatic heterocycles. The van der Waals surface area contributed by atoms with E-state index in [0.29, 0.717) is 12.0 Å². The van der Waals surface area contributed by atoms with Crippen molar-refractivity contribution in [3.8, 4) is 0 Å². The second-order valence-corrected chi connectivity index (χ2v) is 3.01. The van der Waals surface area contributed by atoms with E-state index in [4.69, 9.17) is 10.6 Å². The van der Waals surface area contributed by atoms with Gasteiger partial charge in [0.05, 0.1) is 6.61 Å². The Bertz CT molecular complexity index is 94.5. The molecule has 0 fully saturated rings. The molecular formula is C9H22N2O. The predicted molar refractivity (Wildman–Crippen MR) is 51.7 cm³/mol. The van der Waals surface area contributed by atoms with Crippen molar-refractivity contribution >= 4 is 0 Å². The summed E-state index contributed by atoms with van der Waals surface area (Å²) in [5, 5.41) is 0. The molecule has 0 aromatic rings. The normalized spacial score (nSPS) is 13.8. The monoisotopic (exact) mass is 174 g/mol. The van der Waals surface area contributed by atoms with Crippen LogP contribution in [0.25, 0.3) is 0 Å². The lowest BCUT2D eigenvalue weighted by atomic mass is 9.95. The summed E-state index contributed by atoms with van der Waals surface area (Å²) in [6.07, 6.45) is 2.30. The van der Waals surface area contributed by atoms with Gasteiger partial charge in [0.15, 0.2) is 0 Å². The quantitative estimate of drug-likeness (QED) is 0.451. The van der Waals surface area contributed by atoms with E-state index in [1.54, 1.807) is 0 Å². The SMILES string of the molecule is CCOCC(NN)C(CC)CC. The van der Waals surface area contributed by atoms with Crippen LogP contribution in [0.1, 0.15) is 33.6 Å². The van der Waals surface area contributed by atoms with Gasteiger partial charge in [0.2, 0.25) is 0 Å². The highest BCUT2D eigenvalue weighted by molar-refractivity contribution is 4.71. The molecule has 0 aliphatic heterocycles. The predicted octanol–water partition coefficient (Wildman–Crippen LogP) is 1.29. The number of hydrogen-bond donors (Lipinski definition) is 2. The molecule has 3 nitrogen and oxygen atoms in total. The van der Waals surface area contributed by atoms with Gasteiger partial charge in [-0.15, -0.1) is 0 Å². The molecule has 0 spiro atoms. The van der Waals surface area contributed by atoms with Crippen LogP contribution in [0.4, 0.5) is 0 Å². The molecule has 3 heteroatoms. The van der Waals surface area contributed by atoms with Crippen molar-refractivity contribution < 1.29 is 4.74 Å². The topological polar surface area (TPSA) is 47.3 Å². The lowest BCUT2D eigenvalue weighted by Crippen LogP contribution is -2.43. The Balaban J connectivity index is 3.75. The van der Waals surface area contributed by atoms with Gasteiger partial charge >= 0.3 is 0 Å². The van der Waals surface area contributed by atoms with Crippen LogP contribution in [0.5, 0.6) is 0 Å². The average molecular weight is 174 g/mol. The van der Waals surface area contributed by atoms with Gasteiger partial charge in [-0.2, -0.15) is 0 Å². The third-order valence-electron chi connectivity index (χ3n) is 2.33. The van der Waals surface area contributed by atoms with Crippen LogP contribution >= 0.6 is 0 Å². The first-order valence-electron chi connectivity index (χ1n) is 4.83. The summed E-state index contributed by atoms with van der Waals surface area (Å²) in [6.45, 7) is 7.85. The van der Waals surface area contributed by atoms with Crippen LogP contribution in [-0.4, -0.2) is 19.3 Å². The van der Waals surface area contributed by atoms with Crippen LogP contribution in [-0.2, 0) is 4.74 Å². The zero-order valence-electron chi connectivity index (χ0n) is 8.47. The second kappa shape index (κ2) is 7.53. The molecule has 0 rings (SSSR count). The summed E-state index contributed by atoms with van der Waals surface area (Å²) in [7, 11) is 0. The maximum atomic E-state index is 5.44. The van der Waals surface area contributed by atoms with Crippen molar-refractivity contribution in [3.05, 3.63) is 0 Å². The van der Waals surface area contributed by atoms with Crippen molar-refractivity contribution in [2.45, 2.75) is 39.7 Å². The van der Waals surface area contributed by atoms with Gasteiger partial charge in [0.1, 0.15) is 0 Å². The van der Waals surface area contributed by atoms with Crippen LogP contribution in [0.2, 0.25) is 0 Å². The van der Waals surface area contributed by atoms with Gasteiger partial charge < -0.3 is 4.74 Å². The smallest absolute Gasteiger partial charge is 0.0635 e. The van der Waals surface area contributed by atoms with E-state index in [2.05, 4.69) is 19.3 Å². The van der Waals surface area contributed by atoms with Gasteiger partial charge in [0.25, 0.3) is 0 Å². The van der Waals surface area contributed by atoms with Crippen molar-refractivity contribution in [3.63, 3.8) is 0 Å². The molecule has 1 atom stereocenters. The van der Waals surface area contributed by atoms with E-state index in [9.17, 15) is 0 Å². The number of nitrogens with one attached hydrogen (secondary N) is 1. The van der Waals surface area contributed by atoms with Crippen LogP contribution in [0.15, 0.2) is 0 Å². The third kappa shape index (κ3) is 4.04. The first-order chi connectivity index (χ1) is 5.79. The van der Waals surface area contributed by atoms with E-state index < -0.39 is 0 Å². The Labute approximate surface area is 75.6 Å². The van der Waals surface area contributed by atoms with E-state index in [1.165, 1.54) is 0 Å². The largest absolute Gasteiger partial charge is 0.380 e. The molecule has 74 valence electrons. The molecule has 0 amide bonds. The standard InChI is InChI=1S/C9H22N2O/c1-4-8(5-2)9(11-10)7-12-6-3/h8-9,11H,4-7,10H2,1-3H3. The molecule has 12 heavy (non-hydrogen) atoms. The molecule has 0 aromatic carbocycles. The summed E-state index contributed by atoms with van der Waals surface area (Å²) in [6, 6.07) is 0.306. The molecular weight excluding hydrogens is 152 g/mol. The average Bonchev–Trinajstić information content (AvgIpc) is 2.12. The van der Waals surface area contributed by atoms with Crippen molar-refractivity contribution in [2.24, 2.45) is 11.8 Å². The van der Waals surface area contributed by atoms with E-state index in [1.807, 2.05) is 6.92 Å². The minimum Gasteiger partial charge on any atom is -0.380 e. The lowest BCUT2D eigenvalue weighted by Gasteiger charge is -2.23. The number of rotatable bonds is 7. The Morgan fingerprint density at radius 2 is 1.83 bits per heavy atom. The van der Waals surface area contributed by atoms with Crippen molar-refractivity contribution in [2.75, 3.05) is 13.2 Å². The fraction of sp³-hybridized carbons (Fsp3) is 1.00. The molecule has 1 unspecified atom stereocenters. The van der Waals surface area contributed by atoms with Gasteiger partial charge in [-0.1, -0.05) is 26.7 Å². The van der Waals surface area contributed by atoms with Crippen molar-refractivity contribution in [1.82, 2.24) is 5.43 Å². The molecule has 0 saturated carbocycles. The minimum atomic E-state index is 0.306. The fourth-order valence-electron chi connectivity index (χ4n) is 1.42. The zero-order chi connectivity index (χ0) is 9.40. The Morgan fingerprint density at radius 1 is 1.25 bits per heavy atom. The molecule has 0 saturated heterocycles. The molecule has 3 N–H and O–H groups in total. The van der Waals surface area contributed by atoms with Crippen molar-refractivity contribution in [1.29, 1.82) is 0 Å². The summed E-state index contributed by atoms with van der Waals surface area (Å²) in [4.78, 5) is 0. The van der Waals surface area contributed by atoms with Crippen LogP contribution < -0.4 is 11.3 Å². The Kier molecular flexibility index (Phi) is 7.45. The molecule has 0 radical (unpaired) electrons. The Morgan fingerprint density at radius 3 is 2.17 bits per heavy atom. The number of hydrazine groups is 1. The van der Waals surface area contributed by atoms with E-state index in [0.717, 1.165) is 26.1 Å². The first kappa shape index (κ1) is 11.9. The molecule has 0 aliphatic carbocycles. The molecule has 0 heterocycles. The number of ether oxygens (including phenoxy) is 1. The highest BCUT2D eigenvalue weighted by Crippen LogP contribution is 2.12. The van der Waals surface area contributed by atoms with Crippen LogP contribution in [0, 0.1) is 5.92 Å². The Hall–Kier alpha value is -0.120. The second-order valence-electron chi connectivity index (χ2n) is 3.01. The van der Waals surface area contributed by atoms with E-state index in [-0.39, 0.29) is 0 Å². The summed E-state index contributed by atoms with van der Waals surface area (Å²) >= 11 is 0.